The normalized spacial score (nSPS) is 12.0. The van der Waals surface area contributed by atoms with E-state index in [2.05, 4.69) is 4.98 Å². The van der Waals surface area contributed by atoms with E-state index in [1.165, 1.54) is 18.3 Å². The van der Waals surface area contributed by atoms with Crippen LogP contribution in [0.5, 0.6) is 5.88 Å². The first-order valence-corrected chi connectivity index (χ1v) is 8.49. The number of nitrogens with one attached hydrogen (secondary N) is 1. The van der Waals surface area contributed by atoms with Gasteiger partial charge < -0.3 is 14.8 Å². The largest absolute Gasteiger partial charge is 0.477 e. The molecule has 30 heavy (non-hydrogen) atoms. The number of benzene rings is 1. The number of nitro benzene ring substituents is 1. The summed E-state index contributed by atoms with van der Waals surface area (Å²) in [5.74, 6) is -2.05. The molecule has 9 nitrogen and oxygen atoms in total. The van der Waals surface area contributed by atoms with E-state index in [1.54, 1.807) is 6.92 Å². The minimum absolute atomic E-state index is 0.0210. The van der Waals surface area contributed by atoms with Crippen molar-refractivity contribution in [2.24, 2.45) is 0 Å². The Kier molecular flexibility index (Phi) is 6.93. The Balaban J connectivity index is 2.18. The Hall–Kier alpha value is -3.70. The lowest BCUT2D eigenvalue weighted by atomic mass is 10.1. The number of pyridine rings is 1. The Bertz CT molecular complexity index is 964. The van der Waals surface area contributed by atoms with Crippen molar-refractivity contribution in [2.75, 3.05) is 11.9 Å². The summed E-state index contributed by atoms with van der Waals surface area (Å²) in [4.78, 5) is 38.1. The predicted molar refractivity (Wildman–Crippen MR) is 97.0 cm³/mol. The molecule has 0 radical (unpaired) electrons. The number of nitro groups is 1. The number of carbonyl (C=O) groups excluding carboxylic acids is 2. The van der Waals surface area contributed by atoms with E-state index in [0.717, 1.165) is 19.1 Å². The minimum atomic E-state index is -4.96. The zero-order valence-corrected chi connectivity index (χ0v) is 15.7. The van der Waals surface area contributed by atoms with Gasteiger partial charge in [0.2, 0.25) is 5.88 Å². The third-order valence-corrected chi connectivity index (χ3v) is 3.70. The van der Waals surface area contributed by atoms with Crippen LogP contribution in [0.2, 0.25) is 0 Å². The standard InChI is InChI=1S/C18H16F3N3O6/c1-3-29-16-12(5-4-8-22-16)17(26)30-10(2)15(25)23-14-7-6-11(24(27)28)9-13(14)18(19,20)21/h4-10H,3H2,1-2H3,(H,23,25)/t10-/m0/s1. The number of nitrogens with zero attached hydrogens (tertiary/aromatic N) is 2. The topological polar surface area (TPSA) is 121 Å². The predicted octanol–water partition coefficient (Wildman–Crippen LogP) is 3.59. The molecule has 0 unspecified atom stereocenters. The molecule has 0 aliphatic rings. The third-order valence-electron chi connectivity index (χ3n) is 3.70. The molecule has 0 saturated heterocycles. The highest BCUT2D eigenvalue weighted by atomic mass is 19.4. The first kappa shape index (κ1) is 22.6. The van der Waals surface area contributed by atoms with E-state index >= 15 is 0 Å². The Morgan fingerprint density at radius 2 is 2.00 bits per heavy atom. The fraction of sp³-hybridized carbons (Fsp3) is 0.278. The summed E-state index contributed by atoms with van der Waals surface area (Å²) in [6.45, 7) is 3.04. The lowest BCUT2D eigenvalue weighted by Gasteiger charge is -2.17. The van der Waals surface area contributed by atoms with Crippen molar-refractivity contribution in [1.29, 1.82) is 0 Å². The van der Waals surface area contributed by atoms with Gasteiger partial charge in [-0.1, -0.05) is 0 Å². The fourth-order valence-electron chi connectivity index (χ4n) is 2.30. The van der Waals surface area contributed by atoms with Crippen LogP contribution in [0.1, 0.15) is 29.8 Å². The molecule has 0 spiro atoms. The summed E-state index contributed by atoms with van der Waals surface area (Å²) in [6, 6.07) is 4.66. The molecule has 0 fully saturated rings. The van der Waals surface area contributed by atoms with Gasteiger partial charge in [-0.05, 0) is 32.0 Å². The van der Waals surface area contributed by atoms with E-state index < -0.39 is 46.0 Å². The third kappa shape index (κ3) is 5.43. The first-order chi connectivity index (χ1) is 14.0. The number of amides is 1. The van der Waals surface area contributed by atoms with Gasteiger partial charge in [0, 0.05) is 18.3 Å². The van der Waals surface area contributed by atoms with Crippen LogP contribution in [-0.2, 0) is 15.7 Å². The van der Waals surface area contributed by atoms with E-state index in [0.29, 0.717) is 6.07 Å². The number of halogens is 3. The molecule has 0 aliphatic carbocycles. The Labute approximate surface area is 168 Å². The number of alkyl halides is 3. The lowest BCUT2D eigenvalue weighted by Crippen LogP contribution is -2.31. The Morgan fingerprint density at radius 3 is 2.60 bits per heavy atom. The molecular weight excluding hydrogens is 411 g/mol. The van der Waals surface area contributed by atoms with Gasteiger partial charge >= 0.3 is 12.1 Å². The molecule has 2 aromatic rings. The maximum absolute atomic E-state index is 13.2. The molecule has 1 aromatic carbocycles. The second-order valence-electron chi connectivity index (χ2n) is 5.81. The highest BCUT2D eigenvalue weighted by molar-refractivity contribution is 5.98. The molecule has 1 amide bonds. The molecule has 0 bridgehead atoms. The quantitative estimate of drug-likeness (QED) is 0.407. The average Bonchev–Trinajstić information content (AvgIpc) is 2.67. The van der Waals surface area contributed by atoms with Crippen LogP contribution in [0.3, 0.4) is 0 Å². The van der Waals surface area contributed by atoms with Crippen molar-refractivity contribution in [3.8, 4) is 5.88 Å². The van der Waals surface area contributed by atoms with Crippen LogP contribution in [0.4, 0.5) is 24.5 Å². The zero-order chi connectivity index (χ0) is 22.5. The number of esters is 1. The SMILES string of the molecule is CCOc1ncccc1C(=O)O[C@@H](C)C(=O)Nc1ccc([N+](=O)[O-])cc1C(F)(F)F. The molecule has 160 valence electrons. The van der Waals surface area contributed by atoms with E-state index in [1.807, 2.05) is 5.32 Å². The van der Waals surface area contributed by atoms with Crippen LogP contribution >= 0.6 is 0 Å². The van der Waals surface area contributed by atoms with Crippen molar-refractivity contribution in [3.05, 3.63) is 57.8 Å². The summed E-state index contributed by atoms with van der Waals surface area (Å²) in [6.07, 6.45) is -5.06. The lowest BCUT2D eigenvalue weighted by molar-refractivity contribution is -0.385. The van der Waals surface area contributed by atoms with Crippen molar-refractivity contribution < 1.29 is 37.2 Å². The first-order valence-electron chi connectivity index (χ1n) is 8.49. The average molecular weight is 427 g/mol. The van der Waals surface area contributed by atoms with Gasteiger partial charge in [0.15, 0.2) is 6.10 Å². The van der Waals surface area contributed by atoms with Crippen molar-refractivity contribution in [3.63, 3.8) is 0 Å². The zero-order valence-electron chi connectivity index (χ0n) is 15.7. The number of hydrogen-bond donors (Lipinski definition) is 1. The molecule has 1 heterocycles. The summed E-state index contributed by atoms with van der Waals surface area (Å²) < 4.78 is 49.8. The van der Waals surface area contributed by atoms with Crippen LogP contribution in [0.15, 0.2) is 36.5 Å². The maximum atomic E-state index is 13.2. The molecule has 0 aliphatic heterocycles. The molecule has 1 N–H and O–H groups in total. The fourth-order valence-corrected chi connectivity index (χ4v) is 2.30. The van der Waals surface area contributed by atoms with Gasteiger partial charge in [-0.3, -0.25) is 14.9 Å². The van der Waals surface area contributed by atoms with Gasteiger partial charge in [-0.25, -0.2) is 9.78 Å². The van der Waals surface area contributed by atoms with Crippen LogP contribution < -0.4 is 10.1 Å². The van der Waals surface area contributed by atoms with Gasteiger partial charge in [0.05, 0.1) is 22.8 Å². The van der Waals surface area contributed by atoms with Crippen molar-refractivity contribution in [2.45, 2.75) is 26.1 Å². The monoisotopic (exact) mass is 427 g/mol. The van der Waals surface area contributed by atoms with Gasteiger partial charge in [-0.2, -0.15) is 13.2 Å². The smallest absolute Gasteiger partial charge is 0.418 e. The number of non-ortho nitro benzene ring substituents is 1. The minimum Gasteiger partial charge on any atom is -0.477 e. The van der Waals surface area contributed by atoms with Crippen LogP contribution in [0.25, 0.3) is 0 Å². The Morgan fingerprint density at radius 1 is 1.30 bits per heavy atom. The highest BCUT2D eigenvalue weighted by Gasteiger charge is 2.36. The second-order valence-corrected chi connectivity index (χ2v) is 5.81. The number of rotatable bonds is 7. The van der Waals surface area contributed by atoms with Gasteiger partial charge in [0.1, 0.15) is 5.56 Å². The van der Waals surface area contributed by atoms with E-state index in [-0.39, 0.29) is 18.1 Å². The summed E-state index contributed by atoms with van der Waals surface area (Å²) in [7, 11) is 0. The number of carbonyl (C=O) groups is 2. The summed E-state index contributed by atoms with van der Waals surface area (Å²) in [5.41, 5.74) is -2.98. The van der Waals surface area contributed by atoms with Crippen LogP contribution in [0, 0.1) is 10.1 Å². The molecule has 12 heteroatoms. The van der Waals surface area contributed by atoms with E-state index in [9.17, 15) is 32.9 Å². The molecule has 1 atom stereocenters. The summed E-state index contributed by atoms with van der Waals surface area (Å²) in [5, 5.41) is 12.7. The molecule has 0 saturated carbocycles. The molecule has 1 aromatic heterocycles. The van der Waals surface area contributed by atoms with Crippen LogP contribution in [-0.4, -0.2) is 34.5 Å². The van der Waals surface area contributed by atoms with Gasteiger partial charge in [-0.15, -0.1) is 0 Å². The number of aromatic nitrogens is 1. The van der Waals surface area contributed by atoms with Crippen molar-refractivity contribution in [1.82, 2.24) is 4.98 Å². The second kappa shape index (κ2) is 9.20. The number of ether oxygens (including phenoxy) is 2. The van der Waals surface area contributed by atoms with Crippen molar-refractivity contribution >= 4 is 23.3 Å². The summed E-state index contributed by atoms with van der Waals surface area (Å²) >= 11 is 0. The van der Waals surface area contributed by atoms with E-state index in [4.69, 9.17) is 9.47 Å². The maximum Gasteiger partial charge on any atom is 0.418 e. The number of hydrogen-bond acceptors (Lipinski definition) is 7. The molecular formula is C18H16F3N3O6. The highest BCUT2D eigenvalue weighted by Crippen LogP contribution is 2.37. The molecule has 2 rings (SSSR count). The number of anilines is 1. The van der Waals surface area contributed by atoms with Gasteiger partial charge in [0.25, 0.3) is 11.6 Å².